The zero-order chi connectivity index (χ0) is 16.1. The minimum Gasteiger partial charge on any atom is -0.507 e. The molecule has 2 aromatic carbocycles. The van der Waals surface area contributed by atoms with Crippen molar-refractivity contribution in [2.24, 2.45) is 0 Å². The zero-order valence-electron chi connectivity index (χ0n) is 11.7. The van der Waals surface area contributed by atoms with E-state index >= 15 is 0 Å². The van der Waals surface area contributed by atoms with Gasteiger partial charge in [-0.1, -0.05) is 12.1 Å². The van der Waals surface area contributed by atoms with Crippen LogP contribution in [0, 0.1) is 3.57 Å². The minimum absolute atomic E-state index is 0.0468. The molecular formula is C16H13IO5. The number of esters is 2. The monoisotopic (exact) mass is 412 g/mol. The van der Waals surface area contributed by atoms with E-state index < -0.39 is 11.9 Å². The van der Waals surface area contributed by atoms with E-state index in [0.29, 0.717) is 5.56 Å². The van der Waals surface area contributed by atoms with E-state index in [9.17, 15) is 14.7 Å². The molecule has 0 amide bonds. The first-order chi connectivity index (χ1) is 10.5. The number of carbonyl (C=O) groups is 2. The van der Waals surface area contributed by atoms with Crippen molar-refractivity contribution >= 4 is 34.5 Å². The molecule has 0 aliphatic rings. The van der Waals surface area contributed by atoms with E-state index in [-0.39, 0.29) is 17.9 Å². The average Bonchev–Trinajstić information content (AvgIpc) is 2.54. The summed E-state index contributed by atoms with van der Waals surface area (Å²) >= 11 is 2.05. The Morgan fingerprint density at radius 3 is 2.41 bits per heavy atom. The zero-order valence-corrected chi connectivity index (χ0v) is 13.9. The van der Waals surface area contributed by atoms with Gasteiger partial charge in [-0.25, -0.2) is 9.59 Å². The maximum atomic E-state index is 12.0. The summed E-state index contributed by atoms with van der Waals surface area (Å²) in [5.74, 6) is -1.15. The third-order valence-corrected chi connectivity index (χ3v) is 3.59. The maximum Gasteiger partial charge on any atom is 0.342 e. The molecular weight excluding hydrogens is 399 g/mol. The van der Waals surface area contributed by atoms with E-state index in [1.54, 1.807) is 36.4 Å². The fourth-order valence-corrected chi connectivity index (χ4v) is 2.24. The number of ether oxygens (including phenoxy) is 2. The van der Waals surface area contributed by atoms with Gasteiger partial charge in [0.25, 0.3) is 0 Å². The lowest BCUT2D eigenvalue weighted by Gasteiger charge is -2.07. The SMILES string of the molecule is COC(=O)c1ccc(COC(=O)c2cc(I)ccc2O)cc1. The fourth-order valence-electron chi connectivity index (χ4n) is 1.75. The summed E-state index contributed by atoms with van der Waals surface area (Å²) in [5, 5.41) is 9.67. The lowest BCUT2D eigenvalue weighted by Crippen LogP contribution is -2.06. The Bertz CT molecular complexity index is 694. The normalized spacial score (nSPS) is 10.1. The van der Waals surface area contributed by atoms with Crippen molar-refractivity contribution in [2.45, 2.75) is 6.61 Å². The molecule has 6 heteroatoms. The van der Waals surface area contributed by atoms with E-state index in [0.717, 1.165) is 9.13 Å². The van der Waals surface area contributed by atoms with Crippen molar-refractivity contribution in [3.63, 3.8) is 0 Å². The Kier molecular flexibility index (Phi) is 5.37. The van der Waals surface area contributed by atoms with Crippen LogP contribution in [0.15, 0.2) is 42.5 Å². The summed E-state index contributed by atoms with van der Waals surface area (Å²) in [5.41, 5.74) is 1.28. The average molecular weight is 412 g/mol. The van der Waals surface area contributed by atoms with Crippen LogP contribution in [-0.4, -0.2) is 24.2 Å². The molecule has 0 unspecified atom stereocenters. The van der Waals surface area contributed by atoms with Gasteiger partial charge in [-0.05, 0) is 58.5 Å². The molecule has 0 atom stereocenters. The van der Waals surface area contributed by atoms with E-state index in [4.69, 9.17) is 4.74 Å². The predicted molar refractivity (Wildman–Crippen MR) is 87.7 cm³/mol. The number of rotatable bonds is 4. The second kappa shape index (κ2) is 7.26. The molecule has 0 bridgehead atoms. The summed E-state index contributed by atoms with van der Waals surface area (Å²) in [6.07, 6.45) is 0. The summed E-state index contributed by atoms with van der Waals surface area (Å²) in [6.45, 7) is 0.0468. The molecule has 2 aromatic rings. The number of aromatic hydroxyl groups is 1. The number of halogens is 1. The fraction of sp³-hybridized carbons (Fsp3) is 0.125. The van der Waals surface area contributed by atoms with Gasteiger partial charge in [-0.3, -0.25) is 0 Å². The molecule has 0 spiro atoms. The number of benzene rings is 2. The molecule has 0 fully saturated rings. The first kappa shape index (κ1) is 16.3. The Balaban J connectivity index is 2.02. The Morgan fingerprint density at radius 2 is 1.77 bits per heavy atom. The highest BCUT2D eigenvalue weighted by Gasteiger charge is 2.13. The van der Waals surface area contributed by atoms with Crippen LogP contribution >= 0.6 is 22.6 Å². The molecule has 1 N–H and O–H groups in total. The van der Waals surface area contributed by atoms with Gasteiger partial charge in [0.05, 0.1) is 12.7 Å². The third kappa shape index (κ3) is 3.97. The van der Waals surface area contributed by atoms with Gasteiger partial charge in [-0.15, -0.1) is 0 Å². The highest BCUT2D eigenvalue weighted by Crippen LogP contribution is 2.21. The lowest BCUT2D eigenvalue weighted by atomic mass is 10.1. The highest BCUT2D eigenvalue weighted by atomic mass is 127. The molecule has 5 nitrogen and oxygen atoms in total. The summed E-state index contributed by atoms with van der Waals surface area (Å²) < 4.78 is 10.6. The van der Waals surface area contributed by atoms with Crippen LogP contribution in [-0.2, 0) is 16.1 Å². The molecule has 2 rings (SSSR count). The van der Waals surface area contributed by atoms with Crippen LogP contribution < -0.4 is 0 Å². The molecule has 114 valence electrons. The van der Waals surface area contributed by atoms with Gasteiger partial charge >= 0.3 is 11.9 Å². The van der Waals surface area contributed by atoms with E-state index in [1.807, 2.05) is 22.6 Å². The second-order valence-electron chi connectivity index (χ2n) is 4.43. The van der Waals surface area contributed by atoms with Crippen LogP contribution in [0.2, 0.25) is 0 Å². The van der Waals surface area contributed by atoms with Crippen molar-refractivity contribution in [3.8, 4) is 5.75 Å². The summed E-state index contributed by atoms with van der Waals surface area (Å²) in [4.78, 5) is 23.3. The van der Waals surface area contributed by atoms with Crippen molar-refractivity contribution in [2.75, 3.05) is 7.11 Å². The van der Waals surface area contributed by atoms with Gasteiger partial charge in [-0.2, -0.15) is 0 Å². The minimum atomic E-state index is -0.604. The standard InChI is InChI=1S/C16H13IO5/c1-21-15(19)11-4-2-10(3-5-11)9-22-16(20)13-8-12(17)6-7-14(13)18/h2-8,18H,9H2,1H3. The summed E-state index contributed by atoms with van der Waals surface area (Å²) in [6, 6.07) is 11.2. The van der Waals surface area contributed by atoms with Crippen LogP contribution in [0.5, 0.6) is 5.75 Å². The molecule has 0 aliphatic heterocycles. The number of hydrogen-bond acceptors (Lipinski definition) is 5. The van der Waals surface area contributed by atoms with Crippen LogP contribution in [0.4, 0.5) is 0 Å². The maximum absolute atomic E-state index is 12.0. The highest BCUT2D eigenvalue weighted by molar-refractivity contribution is 14.1. The molecule has 22 heavy (non-hydrogen) atoms. The molecule has 0 radical (unpaired) electrons. The smallest absolute Gasteiger partial charge is 0.342 e. The first-order valence-electron chi connectivity index (χ1n) is 6.34. The van der Waals surface area contributed by atoms with Gasteiger partial charge < -0.3 is 14.6 Å². The van der Waals surface area contributed by atoms with E-state index in [1.165, 1.54) is 13.2 Å². The lowest BCUT2D eigenvalue weighted by molar-refractivity contribution is 0.0468. The Labute approximate surface area is 141 Å². The molecule has 0 saturated heterocycles. The van der Waals surface area contributed by atoms with Crippen LogP contribution in [0.1, 0.15) is 26.3 Å². The molecule has 0 saturated carbocycles. The Morgan fingerprint density at radius 1 is 1.09 bits per heavy atom. The van der Waals surface area contributed by atoms with Crippen molar-refractivity contribution in [1.82, 2.24) is 0 Å². The predicted octanol–water partition coefficient (Wildman–Crippen LogP) is 3.14. The Hall–Kier alpha value is -2.09. The number of phenols is 1. The van der Waals surface area contributed by atoms with Crippen molar-refractivity contribution in [1.29, 1.82) is 0 Å². The van der Waals surface area contributed by atoms with E-state index in [2.05, 4.69) is 4.74 Å². The third-order valence-electron chi connectivity index (χ3n) is 2.92. The van der Waals surface area contributed by atoms with Gasteiger partial charge in [0.1, 0.15) is 17.9 Å². The quantitative estimate of drug-likeness (QED) is 0.617. The van der Waals surface area contributed by atoms with Crippen LogP contribution in [0.25, 0.3) is 0 Å². The van der Waals surface area contributed by atoms with Gasteiger partial charge in [0, 0.05) is 3.57 Å². The summed E-state index contributed by atoms with van der Waals surface area (Å²) in [7, 11) is 1.31. The first-order valence-corrected chi connectivity index (χ1v) is 7.42. The topological polar surface area (TPSA) is 72.8 Å². The van der Waals surface area contributed by atoms with Gasteiger partial charge in [0.15, 0.2) is 0 Å². The second-order valence-corrected chi connectivity index (χ2v) is 5.67. The van der Waals surface area contributed by atoms with Crippen molar-refractivity contribution in [3.05, 3.63) is 62.7 Å². The van der Waals surface area contributed by atoms with Gasteiger partial charge in [0.2, 0.25) is 0 Å². The number of carbonyl (C=O) groups excluding carboxylic acids is 2. The molecule has 0 heterocycles. The molecule has 0 aliphatic carbocycles. The van der Waals surface area contributed by atoms with Crippen LogP contribution in [0.3, 0.4) is 0 Å². The number of phenolic OH excluding ortho intramolecular Hbond substituents is 1. The molecule has 0 aromatic heterocycles. The van der Waals surface area contributed by atoms with Crippen molar-refractivity contribution < 1.29 is 24.2 Å². The number of methoxy groups -OCH3 is 1. The largest absolute Gasteiger partial charge is 0.507 e. The number of hydrogen-bond donors (Lipinski definition) is 1.